The second kappa shape index (κ2) is 5.75. The quantitative estimate of drug-likeness (QED) is 0.877. The molecule has 0 amide bonds. The van der Waals surface area contributed by atoms with Crippen LogP contribution < -0.4 is 10.5 Å². The third-order valence-electron chi connectivity index (χ3n) is 3.76. The predicted octanol–water partition coefficient (Wildman–Crippen LogP) is 3.84. The fraction of sp³-hybridized carbons (Fsp3) is 0.625. The average molecular weight is 247 g/mol. The van der Waals surface area contributed by atoms with Crippen molar-refractivity contribution in [1.82, 2.24) is 0 Å². The highest BCUT2D eigenvalue weighted by molar-refractivity contribution is 5.32. The Morgan fingerprint density at radius 1 is 1.11 bits per heavy atom. The molecule has 0 radical (unpaired) electrons. The van der Waals surface area contributed by atoms with Crippen LogP contribution in [-0.4, -0.2) is 6.61 Å². The molecule has 2 rings (SSSR count). The third kappa shape index (κ3) is 3.26. The smallest absolute Gasteiger partial charge is 0.119 e. The molecule has 1 aromatic carbocycles. The molecular weight excluding hydrogens is 222 g/mol. The zero-order valence-electron chi connectivity index (χ0n) is 11.6. The van der Waals surface area contributed by atoms with Crippen LogP contribution in [0.15, 0.2) is 24.3 Å². The molecule has 0 aromatic heterocycles. The van der Waals surface area contributed by atoms with Crippen molar-refractivity contribution < 1.29 is 4.74 Å². The molecule has 1 aliphatic carbocycles. The number of hydrogen-bond donors (Lipinski definition) is 1. The summed E-state index contributed by atoms with van der Waals surface area (Å²) in [6.45, 7) is 5.09. The minimum absolute atomic E-state index is 0.102. The van der Waals surface area contributed by atoms with E-state index >= 15 is 0 Å². The lowest BCUT2D eigenvalue weighted by Gasteiger charge is -2.34. The molecule has 0 atom stereocenters. The third-order valence-corrected chi connectivity index (χ3v) is 3.76. The first kappa shape index (κ1) is 13.4. The van der Waals surface area contributed by atoms with E-state index in [-0.39, 0.29) is 5.54 Å². The van der Waals surface area contributed by atoms with E-state index in [1.807, 2.05) is 0 Å². The van der Waals surface area contributed by atoms with Gasteiger partial charge in [-0.1, -0.05) is 45.2 Å². The van der Waals surface area contributed by atoms with Crippen LogP contribution in [0, 0.1) is 5.92 Å². The van der Waals surface area contributed by atoms with Crippen LogP contribution >= 0.6 is 0 Å². The molecule has 0 spiro atoms. The van der Waals surface area contributed by atoms with E-state index in [1.54, 1.807) is 0 Å². The van der Waals surface area contributed by atoms with Crippen molar-refractivity contribution in [3.05, 3.63) is 29.8 Å². The molecule has 18 heavy (non-hydrogen) atoms. The lowest BCUT2D eigenvalue weighted by molar-refractivity contribution is 0.270. The molecule has 0 aliphatic heterocycles. The molecule has 1 aliphatic rings. The van der Waals surface area contributed by atoms with Gasteiger partial charge in [0, 0.05) is 5.54 Å². The standard InChI is InChI=1S/C16H25NO/c1-13(2)12-18-15-8-6-14(7-9-15)16(17)10-4-3-5-11-16/h6-9,13H,3-5,10-12,17H2,1-2H3. The van der Waals surface area contributed by atoms with Gasteiger partial charge >= 0.3 is 0 Å². The van der Waals surface area contributed by atoms with Crippen molar-refractivity contribution in [2.75, 3.05) is 6.61 Å². The predicted molar refractivity (Wildman–Crippen MR) is 75.7 cm³/mol. The summed E-state index contributed by atoms with van der Waals surface area (Å²) < 4.78 is 5.70. The lowest BCUT2D eigenvalue weighted by Crippen LogP contribution is -2.38. The van der Waals surface area contributed by atoms with E-state index in [9.17, 15) is 0 Å². The summed E-state index contributed by atoms with van der Waals surface area (Å²) in [5.41, 5.74) is 7.67. The number of hydrogen-bond acceptors (Lipinski definition) is 2. The zero-order valence-corrected chi connectivity index (χ0v) is 11.6. The van der Waals surface area contributed by atoms with E-state index in [0.717, 1.165) is 25.2 Å². The summed E-state index contributed by atoms with van der Waals surface area (Å²) in [6.07, 6.45) is 6.05. The van der Waals surface area contributed by atoms with Crippen LogP contribution in [0.25, 0.3) is 0 Å². The number of ether oxygens (including phenoxy) is 1. The maximum atomic E-state index is 6.51. The van der Waals surface area contributed by atoms with Crippen LogP contribution in [0.2, 0.25) is 0 Å². The first-order valence-corrected chi connectivity index (χ1v) is 7.12. The highest BCUT2D eigenvalue weighted by Gasteiger charge is 2.29. The van der Waals surface area contributed by atoms with Crippen LogP contribution in [-0.2, 0) is 5.54 Å². The molecule has 1 saturated carbocycles. The Morgan fingerprint density at radius 2 is 1.72 bits per heavy atom. The van der Waals surface area contributed by atoms with E-state index < -0.39 is 0 Å². The summed E-state index contributed by atoms with van der Waals surface area (Å²) in [5, 5.41) is 0. The minimum Gasteiger partial charge on any atom is -0.493 e. The zero-order chi connectivity index (χ0) is 13.0. The number of benzene rings is 1. The highest BCUT2D eigenvalue weighted by Crippen LogP contribution is 2.35. The molecule has 2 heteroatoms. The van der Waals surface area contributed by atoms with Gasteiger partial charge in [-0.2, -0.15) is 0 Å². The first-order chi connectivity index (χ1) is 8.60. The fourth-order valence-corrected chi connectivity index (χ4v) is 2.62. The van der Waals surface area contributed by atoms with Gasteiger partial charge in [0.05, 0.1) is 6.61 Å². The Labute approximate surface area is 111 Å². The maximum absolute atomic E-state index is 6.51. The van der Waals surface area contributed by atoms with E-state index in [2.05, 4.69) is 38.1 Å². The van der Waals surface area contributed by atoms with Gasteiger partial charge in [-0.05, 0) is 36.5 Å². The summed E-state index contributed by atoms with van der Waals surface area (Å²) in [7, 11) is 0. The van der Waals surface area contributed by atoms with Crippen molar-refractivity contribution >= 4 is 0 Å². The lowest BCUT2D eigenvalue weighted by atomic mass is 9.77. The van der Waals surface area contributed by atoms with Gasteiger partial charge in [0.1, 0.15) is 5.75 Å². The molecule has 2 N–H and O–H groups in total. The van der Waals surface area contributed by atoms with Crippen LogP contribution in [0.1, 0.15) is 51.5 Å². The van der Waals surface area contributed by atoms with E-state index in [0.29, 0.717) is 5.92 Å². The molecule has 1 aromatic rings. The van der Waals surface area contributed by atoms with Gasteiger partial charge in [-0.15, -0.1) is 0 Å². The monoisotopic (exact) mass is 247 g/mol. The van der Waals surface area contributed by atoms with Gasteiger partial charge in [0.15, 0.2) is 0 Å². The van der Waals surface area contributed by atoms with Crippen LogP contribution in [0.5, 0.6) is 5.75 Å². The molecular formula is C16H25NO. The first-order valence-electron chi connectivity index (χ1n) is 7.12. The van der Waals surface area contributed by atoms with Crippen molar-refractivity contribution in [3.63, 3.8) is 0 Å². The van der Waals surface area contributed by atoms with Crippen molar-refractivity contribution in [1.29, 1.82) is 0 Å². The maximum Gasteiger partial charge on any atom is 0.119 e. The SMILES string of the molecule is CC(C)COc1ccc(C2(N)CCCCC2)cc1. The van der Waals surface area contributed by atoms with Gasteiger partial charge < -0.3 is 10.5 Å². The summed E-state index contributed by atoms with van der Waals surface area (Å²) in [4.78, 5) is 0. The Morgan fingerprint density at radius 3 is 2.28 bits per heavy atom. The van der Waals surface area contributed by atoms with Crippen LogP contribution in [0.4, 0.5) is 0 Å². The van der Waals surface area contributed by atoms with Gasteiger partial charge in [-0.3, -0.25) is 0 Å². The van der Waals surface area contributed by atoms with Crippen molar-refractivity contribution in [2.45, 2.75) is 51.5 Å². The topological polar surface area (TPSA) is 35.2 Å². The minimum atomic E-state index is -0.102. The highest BCUT2D eigenvalue weighted by atomic mass is 16.5. The molecule has 2 nitrogen and oxygen atoms in total. The van der Waals surface area contributed by atoms with E-state index in [4.69, 9.17) is 10.5 Å². The number of rotatable bonds is 4. The van der Waals surface area contributed by atoms with Crippen LogP contribution in [0.3, 0.4) is 0 Å². The Kier molecular flexibility index (Phi) is 4.28. The molecule has 0 unspecified atom stereocenters. The van der Waals surface area contributed by atoms with Gasteiger partial charge in [0.2, 0.25) is 0 Å². The van der Waals surface area contributed by atoms with Gasteiger partial charge in [0.25, 0.3) is 0 Å². The molecule has 100 valence electrons. The number of nitrogens with two attached hydrogens (primary N) is 1. The Hall–Kier alpha value is -1.02. The fourth-order valence-electron chi connectivity index (χ4n) is 2.62. The normalized spacial score (nSPS) is 18.9. The molecule has 1 fully saturated rings. The molecule has 0 saturated heterocycles. The second-order valence-electron chi connectivity index (χ2n) is 5.95. The largest absolute Gasteiger partial charge is 0.493 e. The average Bonchev–Trinajstić information content (AvgIpc) is 2.38. The van der Waals surface area contributed by atoms with Crippen molar-refractivity contribution in [3.8, 4) is 5.75 Å². The van der Waals surface area contributed by atoms with E-state index in [1.165, 1.54) is 24.8 Å². The summed E-state index contributed by atoms with van der Waals surface area (Å²) in [5.74, 6) is 1.51. The summed E-state index contributed by atoms with van der Waals surface area (Å²) in [6, 6.07) is 8.39. The Bertz CT molecular complexity index is 363. The summed E-state index contributed by atoms with van der Waals surface area (Å²) >= 11 is 0. The Balaban J connectivity index is 2.02. The van der Waals surface area contributed by atoms with Gasteiger partial charge in [-0.25, -0.2) is 0 Å². The van der Waals surface area contributed by atoms with Crippen molar-refractivity contribution in [2.24, 2.45) is 11.7 Å². The molecule has 0 heterocycles. The second-order valence-corrected chi connectivity index (χ2v) is 5.95. The molecule has 0 bridgehead atoms.